The van der Waals surface area contributed by atoms with E-state index in [1.165, 1.54) is 7.11 Å². The van der Waals surface area contributed by atoms with Gasteiger partial charge in [-0.1, -0.05) is 48.5 Å². The molecular weight excluding hydrogens is 362 g/mol. The summed E-state index contributed by atoms with van der Waals surface area (Å²) in [6.45, 7) is 1.12. The van der Waals surface area contributed by atoms with Crippen LogP contribution in [0.1, 0.15) is 18.1 Å². The van der Waals surface area contributed by atoms with E-state index in [2.05, 4.69) is 4.74 Å². The van der Waals surface area contributed by atoms with E-state index in [1.54, 1.807) is 49.4 Å². The summed E-state index contributed by atoms with van der Waals surface area (Å²) in [5.41, 5.74) is 1.54. The van der Waals surface area contributed by atoms with Gasteiger partial charge >= 0.3 is 12.1 Å². The predicted molar refractivity (Wildman–Crippen MR) is 103 cm³/mol. The summed E-state index contributed by atoms with van der Waals surface area (Å²) >= 11 is 0. The molecule has 0 unspecified atom stereocenters. The van der Waals surface area contributed by atoms with E-state index in [0.29, 0.717) is 16.9 Å². The lowest BCUT2D eigenvalue weighted by molar-refractivity contribution is -0.142. The van der Waals surface area contributed by atoms with E-state index in [1.807, 2.05) is 23.5 Å². The summed E-state index contributed by atoms with van der Waals surface area (Å²) < 4.78 is 15.0. The van der Waals surface area contributed by atoms with Gasteiger partial charge in [-0.25, -0.2) is 9.59 Å². The second-order valence-corrected chi connectivity index (χ2v) is 5.51. The third-order valence-corrected chi connectivity index (χ3v) is 3.59. The topological polar surface area (TPSA) is 90.9 Å². The van der Waals surface area contributed by atoms with E-state index in [4.69, 9.17) is 9.47 Å². The van der Waals surface area contributed by atoms with Crippen molar-refractivity contribution < 1.29 is 28.6 Å². The van der Waals surface area contributed by atoms with Gasteiger partial charge < -0.3 is 14.2 Å². The number of alkyl carbamates (subject to hydrolysis) is 1. The Morgan fingerprint density at radius 3 is 2.32 bits per heavy atom. The van der Waals surface area contributed by atoms with Crippen LogP contribution >= 0.6 is 0 Å². The van der Waals surface area contributed by atoms with Gasteiger partial charge in [-0.3, -0.25) is 10.1 Å². The minimum Gasteiger partial charge on any atom is -0.496 e. The largest absolute Gasteiger partial charge is 0.496 e. The zero-order valence-electron chi connectivity index (χ0n) is 15.6. The van der Waals surface area contributed by atoms with Gasteiger partial charge in [-0.05, 0) is 24.6 Å². The number of nitrogens with one attached hydrogen (secondary N) is 1. The summed E-state index contributed by atoms with van der Waals surface area (Å²) in [5.74, 6) is -0.906. The molecule has 2 amide bonds. The quantitative estimate of drug-likeness (QED) is 0.449. The number of ether oxygens (including phenoxy) is 3. The zero-order chi connectivity index (χ0) is 20.4. The third-order valence-electron chi connectivity index (χ3n) is 3.59. The number of esters is 1. The Hall–Kier alpha value is -3.61. The van der Waals surface area contributed by atoms with Crippen molar-refractivity contribution in [3.63, 3.8) is 0 Å². The van der Waals surface area contributed by atoms with Crippen LogP contribution in [0.4, 0.5) is 4.79 Å². The molecule has 2 aromatic rings. The first-order valence-electron chi connectivity index (χ1n) is 8.59. The number of carbonyl (C=O) groups is 3. The van der Waals surface area contributed by atoms with Crippen LogP contribution in [0.25, 0.3) is 11.6 Å². The van der Waals surface area contributed by atoms with Crippen molar-refractivity contribution in [2.45, 2.75) is 6.92 Å². The summed E-state index contributed by atoms with van der Waals surface area (Å²) in [4.78, 5) is 35.6. The molecule has 0 saturated heterocycles. The average molecular weight is 383 g/mol. The Morgan fingerprint density at radius 1 is 0.964 bits per heavy atom. The van der Waals surface area contributed by atoms with Gasteiger partial charge in [0.25, 0.3) is 5.91 Å². The highest BCUT2D eigenvalue weighted by atomic mass is 16.6. The molecule has 0 aliphatic heterocycles. The summed E-state index contributed by atoms with van der Waals surface area (Å²) in [5, 5.41) is 1.97. The smallest absolute Gasteiger partial charge is 0.413 e. The normalized spacial score (nSPS) is 10.7. The molecule has 146 valence electrons. The Labute approximate surface area is 162 Å². The first kappa shape index (κ1) is 20.7. The molecule has 0 aliphatic rings. The molecule has 0 aromatic heterocycles. The number of methoxy groups -OCH3 is 1. The molecule has 0 fully saturated rings. The molecule has 28 heavy (non-hydrogen) atoms. The molecule has 1 N–H and O–H groups in total. The van der Waals surface area contributed by atoms with Gasteiger partial charge in [0.1, 0.15) is 5.75 Å². The van der Waals surface area contributed by atoms with Crippen LogP contribution in [-0.2, 0) is 19.1 Å². The number of carbonyl (C=O) groups excluding carboxylic acids is 3. The lowest BCUT2D eigenvalue weighted by Gasteiger charge is -2.10. The van der Waals surface area contributed by atoms with Crippen molar-refractivity contribution in [2.24, 2.45) is 0 Å². The monoisotopic (exact) mass is 383 g/mol. The molecule has 2 rings (SSSR count). The van der Waals surface area contributed by atoms with Gasteiger partial charge in [0.2, 0.25) is 0 Å². The number of hydrogen-bond acceptors (Lipinski definition) is 6. The average Bonchev–Trinajstić information content (AvgIpc) is 2.71. The van der Waals surface area contributed by atoms with Crippen LogP contribution in [0.2, 0.25) is 0 Å². The van der Waals surface area contributed by atoms with Crippen LogP contribution in [0, 0.1) is 0 Å². The van der Waals surface area contributed by atoms with Crippen molar-refractivity contribution in [1.82, 2.24) is 5.32 Å². The molecule has 0 aliphatic carbocycles. The van der Waals surface area contributed by atoms with E-state index < -0.39 is 24.6 Å². The minimum absolute atomic E-state index is 0.124. The Kier molecular flexibility index (Phi) is 7.77. The molecular formula is C21H21NO6. The molecule has 7 heteroatoms. The second-order valence-electron chi connectivity index (χ2n) is 5.51. The SMILES string of the molecule is CCOC(=O)NC(=O)COC(=O)/C(=C/c1ccccc1OC)c1ccccc1. The highest BCUT2D eigenvalue weighted by Crippen LogP contribution is 2.25. The van der Waals surface area contributed by atoms with Crippen LogP contribution in [0.3, 0.4) is 0 Å². The fourth-order valence-corrected chi connectivity index (χ4v) is 2.34. The molecule has 0 saturated carbocycles. The van der Waals surface area contributed by atoms with E-state index in [-0.39, 0.29) is 12.2 Å². The Morgan fingerprint density at radius 2 is 1.64 bits per heavy atom. The first-order valence-corrected chi connectivity index (χ1v) is 8.59. The Balaban J connectivity index is 2.21. The molecule has 0 bridgehead atoms. The van der Waals surface area contributed by atoms with Crippen molar-refractivity contribution in [2.75, 3.05) is 20.3 Å². The molecule has 0 atom stereocenters. The highest BCUT2D eigenvalue weighted by molar-refractivity contribution is 6.22. The van der Waals surface area contributed by atoms with Gasteiger partial charge in [0, 0.05) is 5.56 Å². The fourth-order valence-electron chi connectivity index (χ4n) is 2.34. The van der Waals surface area contributed by atoms with Gasteiger partial charge in [-0.2, -0.15) is 0 Å². The van der Waals surface area contributed by atoms with Crippen LogP contribution in [-0.4, -0.2) is 38.3 Å². The summed E-state index contributed by atoms with van der Waals surface area (Å²) in [6.07, 6.45) is 0.733. The fraction of sp³-hybridized carbons (Fsp3) is 0.190. The van der Waals surface area contributed by atoms with Crippen LogP contribution in [0.5, 0.6) is 5.75 Å². The lowest BCUT2D eigenvalue weighted by Crippen LogP contribution is -2.34. The number of amides is 2. The number of benzene rings is 2. The highest BCUT2D eigenvalue weighted by Gasteiger charge is 2.17. The summed E-state index contributed by atoms with van der Waals surface area (Å²) in [6, 6.07) is 16.1. The lowest BCUT2D eigenvalue weighted by atomic mass is 10.0. The number of para-hydroxylation sites is 1. The zero-order valence-corrected chi connectivity index (χ0v) is 15.6. The maximum Gasteiger partial charge on any atom is 0.413 e. The molecule has 7 nitrogen and oxygen atoms in total. The van der Waals surface area contributed by atoms with Crippen molar-refractivity contribution in [1.29, 1.82) is 0 Å². The van der Waals surface area contributed by atoms with Crippen molar-refractivity contribution in [3.05, 3.63) is 65.7 Å². The maximum absolute atomic E-state index is 12.6. The predicted octanol–water partition coefficient (Wildman–Crippen LogP) is 3.05. The number of hydrogen-bond donors (Lipinski definition) is 1. The van der Waals surface area contributed by atoms with Crippen molar-refractivity contribution >= 4 is 29.6 Å². The second kappa shape index (κ2) is 10.5. The number of rotatable bonds is 7. The minimum atomic E-state index is -0.892. The summed E-state index contributed by atoms with van der Waals surface area (Å²) in [7, 11) is 1.53. The van der Waals surface area contributed by atoms with Gasteiger partial charge in [0.05, 0.1) is 19.3 Å². The molecule has 0 radical (unpaired) electrons. The van der Waals surface area contributed by atoms with Crippen LogP contribution < -0.4 is 10.1 Å². The third kappa shape index (κ3) is 5.98. The number of imide groups is 1. The van der Waals surface area contributed by atoms with E-state index >= 15 is 0 Å². The van der Waals surface area contributed by atoms with Crippen LogP contribution in [0.15, 0.2) is 54.6 Å². The Bertz CT molecular complexity index is 860. The van der Waals surface area contributed by atoms with Gasteiger partial charge in [-0.15, -0.1) is 0 Å². The maximum atomic E-state index is 12.6. The molecule has 0 spiro atoms. The molecule has 0 heterocycles. The van der Waals surface area contributed by atoms with E-state index in [0.717, 1.165) is 0 Å². The standard InChI is InChI=1S/C21H21NO6/c1-3-27-21(25)22-19(23)14-28-20(24)17(15-9-5-4-6-10-15)13-16-11-7-8-12-18(16)26-2/h4-13H,3,14H2,1-2H3,(H,22,23,25)/b17-13+. The van der Waals surface area contributed by atoms with Crippen molar-refractivity contribution in [3.8, 4) is 5.75 Å². The first-order chi connectivity index (χ1) is 13.5. The molecule has 2 aromatic carbocycles. The van der Waals surface area contributed by atoms with Gasteiger partial charge in [0.15, 0.2) is 6.61 Å². The van der Waals surface area contributed by atoms with E-state index in [9.17, 15) is 14.4 Å².